The summed E-state index contributed by atoms with van der Waals surface area (Å²) in [7, 11) is 0. The molecule has 3 rings (SSSR count). The van der Waals surface area contributed by atoms with Crippen molar-refractivity contribution in [3.05, 3.63) is 53.7 Å². The first-order valence-electron chi connectivity index (χ1n) is 8.23. The zero-order valence-corrected chi connectivity index (χ0v) is 13.3. The molecule has 0 bridgehead atoms. The molecule has 0 radical (unpaired) electrons. The normalized spacial score (nSPS) is 18.0. The minimum Gasteiger partial charge on any atom is -0.392 e. The molecule has 0 saturated carbocycles. The average Bonchev–Trinajstić information content (AvgIpc) is 2.63. The Morgan fingerprint density at radius 2 is 2.13 bits per heavy atom. The fraction of sp³-hybridized carbons (Fsp3) is 0.421. The molecule has 2 aromatic rings. The van der Waals surface area contributed by atoms with Crippen molar-refractivity contribution < 1.29 is 14.6 Å². The molecule has 4 nitrogen and oxygen atoms in total. The first kappa shape index (κ1) is 16.1. The van der Waals surface area contributed by atoms with Crippen LogP contribution in [-0.4, -0.2) is 29.6 Å². The number of rotatable bonds is 6. The van der Waals surface area contributed by atoms with Gasteiger partial charge in [0.15, 0.2) is 6.29 Å². The Balaban J connectivity index is 1.54. The molecule has 1 aliphatic heterocycles. The average molecular weight is 313 g/mol. The summed E-state index contributed by atoms with van der Waals surface area (Å²) >= 11 is 0. The molecule has 0 aliphatic carbocycles. The van der Waals surface area contributed by atoms with Crippen molar-refractivity contribution in [1.29, 1.82) is 0 Å². The molecule has 4 heteroatoms. The van der Waals surface area contributed by atoms with Crippen molar-refractivity contribution in [3.63, 3.8) is 0 Å². The van der Waals surface area contributed by atoms with E-state index in [-0.39, 0.29) is 12.9 Å². The van der Waals surface area contributed by atoms with Gasteiger partial charge in [-0.15, -0.1) is 0 Å². The minimum absolute atomic E-state index is 0.0304. The minimum atomic E-state index is -0.0304. The molecule has 2 heterocycles. The molecule has 1 aromatic heterocycles. The highest BCUT2D eigenvalue weighted by Crippen LogP contribution is 2.19. The van der Waals surface area contributed by atoms with Gasteiger partial charge in [0, 0.05) is 18.4 Å². The first-order valence-corrected chi connectivity index (χ1v) is 8.23. The fourth-order valence-corrected chi connectivity index (χ4v) is 2.72. The summed E-state index contributed by atoms with van der Waals surface area (Å²) in [6, 6.07) is 11.9. The van der Waals surface area contributed by atoms with E-state index in [1.807, 2.05) is 36.5 Å². The van der Waals surface area contributed by atoms with Crippen molar-refractivity contribution in [2.75, 3.05) is 13.2 Å². The largest absolute Gasteiger partial charge is 0.392 e. The van der Waals surface area contributed by atoms with E-state index in [2.05, 4.69) is 11.1 Å². The van der Waals surface area contributed by atoms with Crippen LogP contribution >= 0.6 is 0 Å². The Bertz CT molecular complexity index is 606. The lowest BCUT2D eigenvalue weighted by Gasteiger charge is -2.22. The summed E-state index contributed by atoms with van der Waals surface area (Å²) in [5, 5.41) is 9.21. The van der Waals surface area contributed by atoms with Crippen molar-refractivity contribution in [3.8, 4) is 11.3 Å². The smallest absolute Gasteiger partial charge is 0.157 e. The van der Waals surface area contributed by atoms with E-state index in [0.717, 1.165) is 48.3 Å². The van der Waals surface area contributed by atoms with E-state index in [4.69, 9.17) is 9.47 Å². The van der Waals surface area contributed by atoms with Crippen LogP contribution in [0.5, 0.6) is 0 Å². The number of hydrogen-bond donors (Lipinski definition) is 1. The second kappa shape index (κ2) is 8.20. The molecule has 1 saturated heterocycles. The molecular formula is C19H23NO3. The molecule has 1 unspecified atom stereocenters. The van der Waals surface area contributed by atoms with E-state index in [0.29, 0.717) is 6.61 Å². The zero-order valence-electron chi connectivity index (χ0n) is 13.3. The van der Waals surface area contributed by atoms with Gasteiger partial charge in [-0.2, -0.15) is 0 Å². The highest BCUT2D eigenvalue weighted by Gasteiger charge is 2.13. The molecule has 1 N–H and O–H groups in total. The summed E-state index contributed by atoms with van der Waals surface area (Å²) in [5.74, 6) is 0. The second-order valence-corrected chi connectivity index (χ2v) is 5.83. The Labute approximate surface area is 137 Å². The van der Waals surface area contributed by atoms with Gasteiger partial charge in [-0.05, 0) is 48.9 Å². The molecule has 0 amide bonds. The number of aliphatic hydroxyl groups excluding tert-OH is 1. The van der Waals surface area contributed by atoms with Crippen LogP contribution in [0.2, 0.25) is 0 Å². The maximum atomic E-state index is 9.21. The number of aromatic nitrogens is 1. The number of nitrogens with zero attached hydrogens (tertiary/aromatic N) is 1. The number of hydrogen-bond acceptors (Lipinski definition) is 4. The third kappa shape index (κ3) is 4.61. The quantitative estimate of drug-likeness (QED) is 0.889. The van der Waals surface area contributed by atoms with Gasteiger partial charge in [0.2, 0.25) is 0 Å². The van der Waals surface area contributed by atoms with E-state index in [9.17, 15) is 5.11 Å². The maximum Gasteiger partial charge on any atom is 0.157 e. The third-order valence-corrected chi connectivity index (χ3v) is 4.06. The van der Waals surface area contributed by atoms with Gasteiger partial charge in [-0.25, -0.2) is 0 Å². The Morgan fingerprint density at radius 1 is 1.17 bits per heavy atom. The van der Waals surface area contributed by atoms with Crippen LogP contribution < -0.4 is 0 Å². The summed E-state index contributed by atoms with van der Waals surface area (Å²) in [6.07, 6.45) is 6.03. The molecule has 1 atom stereocenters. The van der Waals surface area contributed by atoms with E-state index >= 15 is 0 Å². The lowest BCUT2D eigenvalue weighted by atomic mass is 10.1. The molecule has 1 aromatic carbocycles. The first-order chi connectivity index (χ1) is 11.3. The topological polar surface area (TPSA) is 51.6 Å². The predicted molar refractivity (Wildman–Crippen MR) is 88.8 cm³/mol. The van der Waals surface area contributed by atoms with Gasteiger partial charge in [-0.3, -0.25) is 4.98 Å². The molecule has 0 spiro atoms. The van der Waals surface area contributed by atoms with Crippen LogP contribution in [0.25, 0.3) is 11.3 Å². The van der Waals surface area contributed by atoms with Crippen molar-refractivity contribution in [2.45, 2.75) is 38.6 Å². The monoisotopic (exact) mass is 313 g/mol. The molecular weight excluding hydrogens is 290 g/mol. The van der Waals surface area contributed by atoms with E-state index in [1.165, 1.54) is 6.42 Å². The molecule has 23 heavy (non-hydrogen) atoms. The predicted octanol–water partition coefficient (Wildman–Crippen LogP) is 3.33. The van der Waals surface area contributed by atoms with Crippen molar-refractivity contribution >= 4 is 0 Å². The molecule has 1 fully saturated rings. The fourth-order valence-electron chi connectivity index (χ4n) is 2.72. The van der Waals surface area contributed by atoms with Crippen LogP contribution in [0.15, 0.2) is 42.6 Å². The van der Waals surface area contributed by atoms with E-state index in [1.54, 1.807) is 0 Å². The summed E-state index contributed by atoms with van der Waals surface area (Å²) in [4.78, 5) is 4.52. The molecule has 1 aliphatic rings. The van der Waals surface area contributed by atoms with Gasteiger partial charge in [-0.1, -0.05) is 24.3 Å². The maximum absolute atomic E-state index is 9.21. The summed E-state index contributed by atoms with van der Waals surface area (Å²) in [5.41, 5.74) is 3.99. The van der Waals surface area contributed by atoms with E-state index < -0.39 is 0 Å². The lowest BCUT2D eigenvalue weighted by molar-refractivity contribution is -0.161. The number of ether oxygens (including phenoxy) is 2. The highest BCUT2D eigenvalue weighted by molar-refractivity contribution is 5.59. The Kier molecular flexibility index (Phi) is 5.75. The SMILES string of the molecule is OCc1cccc(-c2ccc(CCOC3CCCCO3)cn2)c1. The van der Waals surface area contributed by atoms with Crippen LogP contribution in [0, 0.1) is 0 Å². The summed E-state index contributed by atoms with van der Waals surface area (Å²) < 4.78 is 11.3. The van der Waals surface area contributed by atoms with Gasteiger partial charge < -0.3 is 14.6 Å². The van der Waals surface area contributed by atoms with Gasteiger partial charge in [0.05, 0.1) is 18.9 Å². The van der Waals surface area contributed by atoms with Crippen LogP contribution in [0.1, 0.15) is 30.4 Å². The van der Waals surface area contributed by atoms with Gasteiger partial charge in [0.25, 0.3) is 0 Å². The van der Waals surface area contributed by atoms with Crippen LogP contribution in [0.4, 0.5) is 0 Å². The van der Waals surface area contributed by atoms with Crippen LogP contribution in [0.3, 0.4) is 0 Å². The lowest BCUT2D eigenvalue weighted by Crippen LogP contribution is -2.23. The highest BCUT2D eigenvalue weighted by atomic mass is 16.7. The van der Waals surface area contributed by atoms with Gasteiger partial charge in [0.1, 0.15) is 0 Å². The number of pyridine rings is 1. The Morgan fingerprint density at radius 3 is 2.87 bits per heavy atom. The Hall–Kier alpha value is -1.75. The number of aliphatic hydroxyl groups is 1. The summed E-state index contributed by atoms with van der Waals surface area (Å²) in [6.45, 7) is 1.52. The van der Waals surface area contributed by atoms with Gasteiger partial charge >= 0.3 is 0 Å². The zero-order chi connectivity index (χ0) is 15.9. The second-order valence-electron chi connectivity index (χ2n) is 5.83. The van der Waals surface area contributed by atoms with Crippen molar-refractivity contribution in [1.82, 2.24) is 4.98 Å². The number of benzene rings is 1. The standard InChI is InChI=1S/C19H23NO3/c21-14-16-4-3-5-17(12-16)18-8-7-15(13-20-18)9-11-23-19-6-1-2-10-22-19/h3-5,7-8,12-13,19,21H,1-2,6,9-11,14H2. The van der Waals surface area contributed by atoms with Crippen molar-refractivity contribution in [2.24, 2.45) is 0 Å². The molecule has 122 valence electrons. The third-order valence-electron chi connectivity index (χ3n) is 4.06. The van der Waals surface area contributed by atoms with Crippen LogP contribution in [-0.2, 0) is 22.5 Å².